The molecular weight excluding hydrogens is 208 g/mol. The first-order valence-corrected chi connectivity index (χ1v) is 5.70. The van der Waals surface area contributed by atoms with Crippen LogP contribution >= 0.6 is 0 Å². The minimum Gasteiger partial charge on any atom is -0.480 e. The van der Waals surface area contributed by atoms with Crippen molar-refractivity contribution >= 4 is 12.0 Å². The molecule has 0 aromatic rings. The van der Waals surface area contributed by atoms with Crippen LogP contribution in [0.2, 0.25) is 0 Å². The van der Waals surface area contributed by atoms with Gasteiger partial charge >= 0.3 is 12.0 Å². The Balaban J connectivity index is 2.35. The number of hydrogen-bond donors (Lipinski definition) is 3. The topological polar surface area (TPSA) is 78.4 Å². The number of carbonyl (C=O) groups excluding carboxylic acids is 1. The molecule has 0 saturated heterocycles. The fraction of sp³-hybridized carbons (Fsp3) is 0.818. The van der Waals surface area contributed by atoms with Gasteiger partial charge in [-0.15, -0.1) is 0 Å². The van der Waals surface area contributed by atoms with Crippen LogP contribution in [0, 0.1) is 11.8 Å². The number of carboxylic acids is 1. The monoisotopic (exact) mass is 228 g/mol. The minimum absolute atomic E-state index is 0.216. The van der Waals surface area contributed by atoms with Crippen LogP contribution in [0.4, 0.5) is 4.79 Å². The van der Waals surface area contributed by atoms with E-state index in [1.807, 2.05) is 20.8 Å². The highest BCUT2D eigenvalue weighted by Gasteiger charge is 2.34. The Morgan fingerprint density at radius 1 is 1.44 bits per heavy atom. The summed E-state index contributed by atoms with van der Waals surface area (Å²) >= 11 is 0. The highest BCUT2D eigenvalue weighted by Crippen LogP contribution is 2.28. The lowest BCUT2D eigenvalue weighted by molar-refractivity contribution is -0.139. The van der Waals surface area contributed by atoms with Gasteiger partial charge in [-0.05, 0) is 24.7 Å². The molecule has 1 fully saturated rings. The lowest BCUT2D eigenvalue weighted by Gasteiger charge is -2.16. The van der Waals surface area contributed by atoms with Crippen LogP contribution in [0.3, 0.4) is 0 Å². The van der Waals surface area contributed by atoms with E-state index in [1.54, 1.807) is 0 Å². The van der Waals surface area contributed by atoms with Crippen LogP contribution in [-0.4, -0.2) is 29.2 Å². The number of carbonyl (C=O) groups is 2. The molecule has 2 unspecified atom stereocenters. The molecule has 0 aromatic carbocycles. The van der Waals surface area contributed by atoms with Gasteiger partial charge in [0.05, 0.1) is 0 Å². The Bertz CT molecular complexity index is 278. The van der Waals surface area contributed by atoms with Crippen molar-refractivity contribution in [2.24, 2.45) is 11.8 Å². The van der Waals surface area contributed by atoms with Gasteiger partial charge in [0.15, 0.2) is 0 Å². The molecule has 1 aliphatic carbocycles. The maximum absolute atomic E-state index is 11.4. The number of urea groups is 1. The molecule has 0 spiro atoms. The first-order valence-electron chi connectivity index (χ1n) is 5.70. The van der Waals surface area contributed by atoms with Crippen molar-refractivity contribution in [1.29, 1.82) is 0 Å². The second-order valence-corrected chi connectivity index (χ2v) is 4.96. The van der Waals surface area contributed by atoms with Crippen LogP contribution in [0.25, 0.3) is 0 Å². The van der Waals surface area contributed by atoms with E-state index in [4.69, 9.17) is 5.11 Å². The zero-order valence-corrected chi connectivity index (χ0v) is 9.99. The molecule has 0 bridgehead atoms. The average Bonchev–Trinajstić information content (AvgIpc) is 2.79. The van der Waals surface area contributed by atoms with Crippen LogP contribution in [0.5, 0.6) is 0 Å². The molecule has 0 radical (unpaired) electrons. The number of nitrogens with one attached hydrogen (secondary N) is 2. The predicted octanol–water partition coefficient (Wildman–Crippen LogP) is 1.19. The summed E-state index contributed by atoms with van der Waals surface area (Å²) in [6.07, 6.45) is 1.43. The van der Waals surface area contributed by atoms with Gasteiger partial charge < -0.3 is 15.7 Å². The molecule has 0 aliphatic heterocycles. The van der Waals surface area contributed by atoms with Gasteiger partial charge in [0.1, 0.15) is 6.04 Å². The van der Waals surface area contributed by atoms with Crippen molar-refractivity contribution in [2.75, 3.05) is 0 Å². The van der Waals surface area contributed by atoms with E-state index in [-0.39, 0.29) is 18.0 Å². The van der Waals surface area contributed by atoms with Crippen molar-refractivity contribution in [1.82, 2.24) is 10.6 Å². The quantitative estimate of drug-likeness (QED) is 0.661. The molecule has 3 N–H and O–H groups in total. The molecule has 16 heavy (non-hydrogen) atoms. The van der Waals surface area contributed by atoms with Crippen molar-refractivity contribution in [2.45, 2.75) is 45.7 Å². The van der Waals surface area contributed by atoms with E-state index in [0.717, 1.165) is 6.42 Å². The average molecular weight is 228 g/mol. The van der Waals surface area contributed by atoms with Crippen LogP contribution < -0.4 is 10.6 Å². The minimum atomic E-state index is -0.979. The molecule has 5 nitrogen and oxygen atoms in total. The predicted molar refractivity (Wildman–Crippen MR) is 60.1 cm³/mol. The molecule has 1 aliphatic rings. The first kappa shape index (κ1) is 12.8. The maximum atomic E-state index is 11.4. The summed E-state index contributed by atoms with van der Waals surface area (Å²) in [5, 5.41) is 14.2. The number of carboxylic acid groups (broad SMARTS) is 1. The molecule has 5 heteroatoms. The normalized spacial score (nSPS) is 25.0. The van der Waals surface area contributed by atoms with Crippen molar-refractivity contribution < 1.29 is 14.7 Å². The fourth-order valence-electron chi connectivity index (χ4n) is 1.58. The van der Waals surface area contributed by atoms with Gasteiger partial charge in [0.25, 0.3) is 0 Å². The zero-order valence-electron chi connectivity index (χ0n) is 9.99. The van der Waals surface area contributed by atoms with E-state index in [1.165, 1.54) is 0 Å². The Morgan fingerprint density at radius 3 is 2.38 bits per heavy atom. The third kappa shape index (κ3) is 4.08. The fourth-order valence-corrected chi connectivity index (χ4v) is 1.58. The SMILES string of the molecule is CC(C)C[C@@H](NC(=O)NC1CC1C)C(=O)O. The third-order valence-electron chi connectivity index (χ3n) is 2.74. The van der Waals surface area contributed by atoms with Crippen LogP contribution in [0.15, 0.2) is 0 Å². The lowest BCUT2D eigenvalue weighted by Crippen LogP contribution is -2.47. The summed E-state index contributed by atoms with van der Waals surface area (Å²) in [5.74, 6) is -0.229. The lowest BCUT2D eigenvalue weighted by atomic mass is 10.0. The summed E-state index contributed by atoms with van der Waals surface area (Å²) in [6.45, 7) is 5.91. The second kappa shape index (κ2) is 5.18. The molecule has 3 atom stereocenters. The summed E-state index contributed by atoms with van der Waals surface area (Å²) < 4.78 is 0. The summed E-state index contributed by atoms with van der Waals surface area (Å²) in [5.41, 5.74) is 0. The second-order valence-electron chi connectivity index (χ2n) is 4.96. The molecule has 0 aromatic heterocycles. The summed E-state index contributed by atoms with van der Waals surface area (Å²) in [6, 6.07) is -0.954. The molecule has 92 valence electrons. The number of aliphatic carboxylic acids is 1. The van der Waals surface area contributed by atoms with Gasteiger partial charge in [-0.3, -0.25) is 0 Å². The van der Waals surface area contributed by atoms with Crippen molar-refractivity contribution in [3.8, 4) is 0 Å². The van der Waals surface area contributed by atoms with Gasteiger partial charge in [-0.2, -0.15) is 0 Å². The smallest absolute Gasteiger partial charge is 0.326 e. The van der Waals surface area contributed by atoms with Gasteiger partial charge in [0, 0.05) is 6.04 Å². The van der Waals surface area contributed by atoms with Crippen molar-refractivity contribution in [3.05, 3.63) is 0 Å². The summed E-state index contributed by atoms with van der Waals surface area (Å²) in [4.78, 5) is 22.3. The summed E-state index contributed by atoms with van der Waals surface area (Å²) in [7, 11) is 0. The highest BCUT2D eigenvalue weighted by molar-refractivity contribution is 5.82. The van der Waals surface area contributed by atoms with Gasteiger partial charge in [-0.1, -0.05) is 20.8 Å². The van der Waals surface area contributed by atoms with Crippen LogP contribution in [-0.2, 0) is 4.79 Å². The first-order chi connectivity index (χ1) is 7.40. The van der Waals surface area contributed by atoms with E-state index in [0.29, 0.717) is 12.3 Å². The largest absolute Gasteiger partial charge is 0.480 e. The van der Waals surface area contributed by atoms with E-state index >= 15 is 0 Å². The number of rotatable bonds is 5. The Hall–Kier alpha value is -1.26. The number of amides is 2. The van der Waals surface area contributed by atoms with E-state index < -0.39 is 12.0 Å². The molecule has 1 rings (SSSR count). The van der Waals surface area contributed by atoms with Gasteiger partial charge in [0.2, 0.25) is 0 Å². The van der Waals surface area contributed by atoms with E-state index in [9.17, 15) is 9.59 Å². The molecule has 2 amide bonds. The number of hydrogen-bond acceptors (Lipinski definition) is 2. The Morgan fingerprint density at radius 2 is 2.00 bits per heavy atom. The van der Waals surface area contributed by atoms with Gasteiger partial charge in [-0.25, -0.2) is 9.59 Å². The standard InChI is InChI=1S/C11H20N2O3/c1-6(2)4-9(10(14)15)13-11(16)12-8-5-7(8)3/h6-9H,4-5H2,1-3H3,(H,14,15)(H2,12,13,16)/t7?,8?,9-/m1/s1. The maximum Gasteiger partial charge on any atom is 0.326 e. The van der Waals surface area contributed by atoms with E-state index in [2.05, 4.69) is 10.6 Å². The third-order valence-corrected chi connectivity index (χ3v) is 2.74. The Labute approximate surface area is 95.6 Å². The molecule has 1 saturated carbocycles. The highest BCUT2D eigenvalue weighted by atomic mass is 16.4. The Kier molecular flexibility index (Phi) is 4.15. The molecular formula is C11H20N2O3. The molecule has 0 heterocycles. The van der Waals surface area contributed by atoms with Crippen LogP contribution in [0.1, 0.15) is 33.6 Å². The van der Waals surface area contributed by atoms with Crippen molar-refractivity contribution in [3.63, 3.8) is 0 Å². The zero-order chi connectivity index (χ0) is 12.3.